The van der Waals surface area contributed by atoms with E-state index in [9.17, 15) is 4.79 Å². The van der Waals surface area contributed by atoms with Crippen molar-refractivity contribution >= 4 is 5.91 Å². The molecule has 0 saturated carbocycles. The predicted octanol–water partition coefficient (Wildman–Crippen LogP) is 2.37. The summed E-state index contributed by atoms with van der Waals surface area (Å²) in [6, 6.07) is 7.40. The molecule has 5 nitrogen and oxygen atoms in total. The minimum atomic E-state index is -0.103. The number of hydrogen-bond donors (Lipinski definition) is 1. The van der Waals surface area contributed by atoms with E-state index >= 15 is 0 Å². The van der Waals surface area contributed by atoms with Crippen LogP contribution in [-0.4, -0.2) is 29.1 Å². The monoisotopic (exact) mass is 297 g/mol. The summed E-state index contributed by atoms with van der Waals surface area (Å²) in [6.07, 6.45) is 8.68. The molecular weight excluding hydrogens is 278 g/mol. The predicted molar refractivity (Wildman–Crippen MR) is 82.2 cm³/mol. The van der Waals surface area contributed by atoms with E-state index in [4.69, 9.17) is 4.74 Å². The number of aromatic nitrogens is 2. The molecule has 1 aliphatic heterocycles. The van der Waals surface area contributed by atoms with Crippen molar-refractivity contribution in [1.82, 2.24) is 15.3 Å². The lowest BCUT2D eigenvalue weighted by Gasteiger charge is -2.31. The highest BCUT2D eigenvalue weighted by molar-refractivity contribution is 5.94. The molecule has 1 fully saturated rings. The molecule has 2 aromatic heterocycles. The first-order valence-corrected chi connectivity index (χ1v) is 7.53. The summed E-state index contributed by atoms with van der Waals surface area (Å²) in [4.78, 5) is 20.7. The van der Waals surface area contributed by atoms with Crippen LogP contribution in [0.1, 0.15) is 34.8 Å². The van der Waals surface area contributed by atoms with Gasteiger partial charge in [-0.25, -0.2) is 0 Å². The van der Waals surface area contributed by atoms with Gasteiger partial charge in [0.05, 0.1) is 11.6 Å². The number of nitrogens with one attached hydrogen (secondary N) is 1. The lowest BCUT2D eigenvalue weighted by atomic mass is 9.87. The quantitative estimate of drug-likeness (QED) is 0.941. The zero-order valence-corrected chi connectivity index (χ0v) is 12.3. The van der Waals surface area contributed by atoms with Crippen molar-refractivity contribution in [3.63, 3.8) is 0 Å². The maximum Gasteiger partial charge on any atom is 0.253 e. The zero-order chi connectivity index (χ0) is 15.2. The summed E-state index contributed by atoms with van der Waals surface area (Å²) < 4.78 is 5.44. The summed E-state index contributed by atoms with van der Waals surface area (Å²) >= 11 is 0. The van der Waals surface area contributed by atoms with Gasteiger partial charge in [-0.2, -0.15) is 0 Å². The Hall–Kier alpha value is -2.27. The van der Waals surface area contributed by atoms with Crippen LogP contribution in [0.5, 0.6) is 0 Å². The molecule has 5 heteroatoms. The second-order valence-electron chi connectivity index (χ2n) is 5.43. The van der Waals surface area contributed by atoms with Gasteiger partial charge in [0.2, 0.25) is 0 Å². The van der Waals surface area contributed by atoms with E-state index in [1.165, 1.54) is 0 Å². The lowest BCUT2D eigenvalue weighted by molar-refractivity contribution is 0.0513. The van der Waals surface area contributed by atoms with E-state index in [0.29, 0.717) is 11.5 Å². The van der Waals surface area contributed by atoms with Gasteiger partial charge < -0.3 is 10.1 Å². The average molecular weight is 297 g/mol. The second kappa shape index (κ2) is 7.13. The third-order valence-electron chi connectivity index (χ3n) is 3.99. The molecule has 0 aromatic carbocycles. The summed E-state index contributed by atoms with van der Waals surface area (Å²) in [5.74, 6) is 0.256. The Balaban J connectivity index is 1.81. The van der Waals surface area contributed by atoms with Gasteiger partial charge in [0.15, 0.2) is 0 Å². The largest absolute Gasteiger partial charge is 0.381 e. The van der Waals surface area contributed by atoms with Crippen LogP contribution in [-0.2, 0) is 4.74 Å². The molecule has 22 heavy (non-hydrogen) atoms. The molecule has 3 heterocycles. The van der Waals surface area contributed by atoms with E-state index in [1.807, 2.05) is 18.3 Å². The van der Waals surface area contributed by atoms with Gasteiger partial charge >= 0.3 is 0 Å². The summed E-state index contributed by atoms with van der Waals surface area (Å²) in [5.41, 5.74) is 1.61. The van der Waals surface area contributed by atoms with Crippen molar-refractivity contribution in [1.29, 1.82) is 0 Å². The van der Waals surface area contributed by atoms with Crippen LogP contribution in [0.4, 0.5) is 0 Å². The molecule has 0 radical (unpaired) electrons. The van der Waals surface area contributed by atoms with Gasteiger partial charge in [-0.15, -0.1) is 0 Å². The Bertz CT molecular complexity index is 598. The van der Waals surface area contributed by atoms with E-state index in [1.54, 1.807) is 30.7 Å². The van der Waals surface area contributed by atoms with Gasteiger partial charge in [-0.05, 0) is 42.5 Å². The van der Waals surface area contributed by atoms with Crippen molar-refractivity contribution in [2.45, 2.75) is 18.9 Å². The van der Waals surface area contributed by atoms with E-state index in [-0.39, 0.29) is 11.9 Å². The first-order chi connectivity index (χ1) is 10.8. The lowest BCUT2D eigenvalue weighted by Crippen LogP contribution is -2.36. The number of hydrogen-bond acceptors (Lipinski definition) is 4. The van der Waals surface area contributed by atoms with Crippen molar-refractivity contribution in [2.75, 3.05) is 13.2 Å². The maximum atomic E-state index is 12.5. The van der Waals surface area contributed by atoms with Gasteiger partial charge in [0.25, 0.3) is 5.91 Å². The summed E-state index contributed by atoms with van der Waals surface area (Å²) in [6.45, 7) is 1.48. The molecule has 0 spiro atoms. The maximum absolute atomic E-state index is 12.5. The van der Waals surface area contributed by atoms with Crippen LogP contribution >= 0.6 is 0 Å². The molecule has 1 N–H and O–H groups in total. The molecule has 0 bridgehead atoms. The number of pyridine rings is 2. The number of ether oxygens (including phenoxy) is 1. The minimum absolute atomic E-state index is 0.0506. The normalized spacial score (nSPS) is 16.9. The van der Waals surface area contributed by atoms with Crippen LogP contribution in [0.15, 0.2) is 49.1 Å². The Labute approximate surface area is 129 Å². The molecule has 1 aliphatic rings. The molecule has 3 rings (SSSR count). The fourth-order valence-electron chi connectivity index (χ4n) is 2.80. The van der Waals surface area contributed by atoms with Gasteiger partial charge in [0.1, 0.15) is 0 Å². The number of amides is 1. The van der Waals surface area contributed by atoms with Crippen molar-refractivity contribution in [3.05, 3.63) is 60.2 Å². The van der Waals surface area contributed by atoms with E-state index in [2.05, 4.69) is 15.3 Å². The molecule has 2 aromatic rings. The van der Waals surface area contributed by atoms with Gasteiger partial charge in [-0.1, -0.05) is 6.07 Å². The topological polar surface area (TPSA) is 64.1 Å². The Kier molecular flexibility index (Phi) is 4.75. The number of nitrogens with zero attached hydrogens (tertiary/aromatic N) is 2. The number of carbonyl (C=O) groups excluding carboxylic acids is 1. The average Bonchev–Trinajstić information content (AvgIpc) is 2.62. The van der Waals surface area contributed by atoms with Crippen LogP contribution < -0.4 is 5.32 Å². The molecular formula is C17H19N3O2. The van der Waals surface area contributed by atoms with E-state index in [0.717, 1.165) is 31.6 Å². The molecule has 0 aliphatic carbocycles. The SMILES string of the molecule is O=C(NC(c1cccnc1)C1CCOCC1)c1cccnc1. The fraction of sp³-hybridized carbons (Fsp3) is 0.353. The highest BCUT2D eigenvalue weighted by Gasteiger charge is 2.27. The molecule has 1 atom stereocenters. The van der Waals surface area contributed by atoms with Crippen LogP contribution in [0.3, 0.4) is 0 Å². The number of rotatable bonds is 4. The Morgan fingerprint density at radius 3 is 2.50 bits per heavy atom. The van der Waals surface area contributed by atoms with Crippen LogP contribution in [0.25, 0.3) is 0 Å². The van der Waals surface area contributed by atoms with Gasteiger partial charge in [-0.3, -0.25) is 14.8 Å². The molecule has 1 saturated heterocycles. The first-order valence-electron chi connectivity index (χ1n) is 7.53. The standard InChI is InChI=1S/C17H19N3O2/c21-17(15-4-2-8-19-12-15)20-16(13-5-9-22-10-6-13)14-3-1-7-18-11-14/h1-4,7-8,11-13,16H,5-6,9-10H2,(H,20,21). The first kappa shape index (κ1) is 14.7. The van der Waals surface area contributed by atoms with E-state index < -0.39 is 0 Å². The zero-order valence-electron chi connectivity index (χ0n) is 12.3. The van der Waals surface area contributed by atoms with Crippen molar-refractivity contribution in [3.8, 4) is 0 Å². The second-order valence-corrected chi connectivity index (χ2v) is 5.43. The molecule has 1 amide bonds. The van der Waals surface area contributed by atoms with Crippen LogP contribution in [0, 0.1) is 5.92 Å². The Morgan fingerprint density at radius 1 is 1.14 bits per heavy atom. The van der Waals surface area contributed by atoms with Crippen molar-refractivity contribution < 1.29 is 9.53 Å². The number of carbonyl (C=O) groups is 1. The third kappa shape index (κ3) is 3.49. The Morgan fingerprint density at radius 2 is 1.86 bits per heavy atom. The molecule has 114 valence electrons. The third-order valence-corrected chi connectivity index (χ3v) is 3.99. The highest BCUT2D eigenvalue weighted by Crippen LogP contribution is 2.30. The summed E-state index contributed by atoms with van der Waals surface area (Å²) in [7, 11) is 0. The van der Waals surface area contributed by atoms with Gasteiger partial charge in [0, 0.05) is 38.0 Å². The molecule has 1 unspecified atom stereocenters. The van der Waals surface area contributed by atoms with Crippen molar-refractivity contribution in [2.24, 2.45) is 5.92 Å². The van der Waals surface area contributed by atoms with Crippen LogP contribution in [0.2, 0.25) is 0 Å². The highest BCUT2D eigenvalue weighted by atomic mass is 16.5. The summed E-state index contributed by atoms with van der Waals surface area (Å²) in [5, 5.41) is 3.14. The fourth-order valence-corrected chi connectivity index (χ4v) is 2.80. The smallest absolute Gasteiger partial charge is 0.253 e. The minimum Gasteiger partial charge on any atom is -0.381 e.